The Balaban J connectivity index is 1.76. The number of pyridine rings is 2. The highest BCUT2D eigenvalue weighted by Gasteiger charge is 2.34. The van der Waals surface area contributed by atoms with Gasteiger partial charge in [0.2, 0.25) is 0 Å². The van der Waals surface area contributed by atoms with Gasteiger partial charge in [-0.25, -0.2) is 14.5 Å². The highest BCUT2D eigenvalue weighted by molar-refractivity contribution is 7.52. The van der Waals surface area contributed by atoms with Crippen molar-refractivity contribution in [1.82, 2.24) is 24.6 Å². The van der Waals surface area contributed by atoms with Crippen LogP contribution in [-0.4, -0.2) is 50.8 Å². The van der Waals surface area contributed by atoms with Gasteiger partial charge in [-0.2, -0.15) is 5.09 Å². The number of hydrogen-bond donors (Lipinski definition) is 2. The SMILES string of the molecule is CCCC[C@@H](CO[P@@](=O)(N[C@@H](C)C(=O)OC(C)C)Oc1cccnc1)n1c(COCC)nc2c(N)nc3ccccc3c21. The number of nitrogens with two attached hydrogens (primary N) is 1. The van der Waals surface area contributed by atoms with Crippen molar-refractivity contribution in [3.8, 4) is 5.75 Å². The van der Waals surface area contributed by atoms with Gasteiger partial charge in [0.15, 0.2) is 5.82 Å². The zero-order valence-electron chi connectivity index (χ0n) is 25.4. The normalized spacial score (nSPS) is 14.6. The summed E-state index contributed by atoms with van der Waals surface area (Å²) >= 11 is 0. The maximum atomic E-state index is 14.2. The quantitative estimate of drug-likeness (QED) is 0.114. The molecule has 4 aromatic rings. The number of nitrogens with one attached hydrogen (secondary N) is 1. The second-order valence-corrected chi connectivity index (χ2v) is 12.1. The van der Waals surface area contributed by atoms with Crippen LogP contribution in [0.1, 0.15) is 65.7 Å². The lowest BCUT2D eigenvalue weighted by molar-refractivity contribution is -0.149. The van der Waals surface area contributed by atoms with Crippen LogP contribution in [0.2, 0.25) is 0 Å². The minimum absolute atomic E-state index is 0.0301. The summed E-state index contributed by atoms with van der Waals surface area (Å²) in [6, 6.07) is 9.68. The van der Waals surface area contributed by atoms with E-state index >= 15 is 0 Å². The summed E-state index contributed by atoms with van der Waals surface area (Å²) in [7, 11) is -4.13. The fraction of sp³-hybridized carbons (Fsp3) is 0.467. The average Bonchev–Trinajstić information content (AvgIpc) is 3.36. The van der Waals surface area contributed by atoms with E-state index in [0.717, 1.165) is 29.3 Å². The van der Waals surface area contributed by atoms with E-state index in [2.05, 4.69) is 26.5 Å². The van der Waals surface area contributed by atoms with Gasteiger partial charge in [0, 0.05) is 18.2 Å². The predicted molar refractivity (Wildman–Crippen MR) is 166 cm³/mol. The smallest absolute Gasteiger partial charge is 0.459 e. The number of fused-ring (bicyclic) bond motifs is 3. The molecule has 3 atom stereocenters. The Morgan fingerprint density at radius 1 is 1.12 bits per heavy atom. The first-order valence-electron chi connectivity index (χ1n) is 14.6. The van der Waals surface area contributed by atoms with Crippen LogP contribution in [0.4, 0.5) is 5.82 Å². The molecule has 12 nitrogen and oxygen atoms in total. The van der Waals surface area contributed by atoms with Crippen LogP contribution in [0.15, 0.2) is 48.8 Å². The maximum Gasteiger partial charge on any atom is 0.459 e. The van der Waals surface area contributed by atoms with Crippen molar-refractivity contribution in [3.05, 3.63) is 54.6 Å². The zero-order valence-corrected chi connectivity index (χ0v) is 26.3. The number of anilines is 1. The van der Waals surface area contributed by atoms with Gasteiger partial charge in [-0.05, 0) is 52.3 Å². The lowest BCUT2D eigenvalue weighted by Gasteiger charge is -2.27. The monoisotopic (exact) mass is 612 g/mol. The first-order chi connectivity index (χ1) is 20.7. The van der Waals surface area contributed by atoms with Gasteiger partial charge in [-0.1, -0.05) is 38.0 Å². The number of nitrogens with zero attached hydrogens (tertiary/aromatic N) is 4. The van der Waals surface area contributed by atoms with Crippen molar-refractivity contribution in [3.63, 3.8) is 0 Å². The van der Waals surface area contributed by atoms with Crippen molar-refractivity contribution in [2.24, 2.45) is 0 Å². The largest absolute Gasteiger partial charge is 0.462 e. The summed E-state index contributed by atoms with van der Waals surface area (Å²) in [5.41, 5.74) is 8.49. The van der Waals surface area contributed by atoms with Crippen LogP contribution in [0, 0.1) is 0 Å². The van der Waals surface area contributed by atoms with Crippen molar-refractivity contribution in [2.45, 2.75) is 78.7 Å². The van der Waals surface area contributed by atoms with E-state index in [9.17, 15) is 9.36 Å². The molecule has 0 fully saturated rings. The molecule has 0 saturated heterocycles. The van der Waals surface area contributed by atoms with Crippen LogP contribution >= 0.6 is 7.75 Å². The molecular weight excluding hydrogens is 571 g/mol. The van der Waals surface area contributed by atoms with Crippen LogP contribution in [-0.2, 0) is 30.0 Å². The first kappa shape index (κ1) is 32.3. The standard InChI is InChI=1S/C30H41N6O6P/c1-6-8-12-22(18-40-43(38,42-23-13-11-16-32-17-23)35-21(5)30(37)41-20(3)4)36-26(19-39-7-2)34-27-28(36)24-14-9-10-15-25(24)33-29(27)31/h9-11,13-17,20-22H,6-8,12,18-19H2,1-5H3,(H2,31,33)(H,35,38)/t21-,22-,43-/m0/s1. The van der Waals surface area contributed by atoms with E-state index in [-0.39, 0.29) is 31.1 Å². The third kappa shape index (κ3) is 8.08. The third-order valence-electron chi connectivity index (χ3n) is 6.67. The molecule has 4 rings (SSSR count). The molecule has 0 aliphatic heterocycles. The number of aromatic nitrogens is 4. The second-order valence-electron chi connectivity index (χ2n) is 10.5. The molecule has 3 heterocycles. The Morgan fingerprint density at radius 3 is 2.60 bits per heavy atom. The van der Waals surface area contributed by atoms with Gasteiger partial charge in [0.05, 0.1) is 36.0 Å². The minimum atomic E-state index is -4.13. The number of nitrogen functional groups attached to an aromatic ring is 1. The molecule has 3 aromatic heterocycles. The lowest BCUT2D eigenvalue weighted by Crippen LogP contribution is -2.36. The summed E-state index contributed by atoms with van der Waals surface area (Å²) in [6.07, 6.45) is 5.12. The van der Waals surface area contributed by atoms with E-state index < -0.39 is 19.8 Å². The van der Waals surface area contributed by atoms with Crippen LogP contribution in [0.3, 0.4) is 0 Å². The highest BCUT2D eigenvalue weighted by Crippen LogP contribution is 2.46. The highest BCUT2D eigenvalue weighted by atomic mass is 31.2. The number of imidazole rings is 1. The molecule has 0 amide bonds. The molecule has 1 aromatic carbocycles. The summed E-state index contributed by atoms with van der Waals surface area (Å²) < 4.78 is 39.4. The summed E-state index contributed by atoms with van der Waals surface area (Å²) in [5.74, 6) is 0.606. The number of esters is 1. The number of unbranched alkanes of at least 4 members (excludes halogenated alkanes) is 1. The lowest BCUT2D eigenvalue weighted by atomic mass is 10.1. The average molecular weight is 613 g/mol. The fourth-order valence-electron chi connectivity index (χ4n) is 4.72. The van der Waals surface area contributed by atoms with E-state index in [4.69, 9.17) is 29.2 Å². The molecule has 232 valence electrons. The minimum Gasteiger partial charge on any atom is -0.462 e. The van der Waals surface area contributed by atoms with E-state index in [1.165, 1.54) is 6.20 Å². The van der Waals surface area contributed by atoms with Crippen molar-refractivity contribution >= 4 is 41.5 Å². The van der Waals surface area contributed by atoms with Gasteiger partial charge >= 0.3 is 13.7 Å². The molecule has 0 unspecified atom stereocenters. The van der Waals surface area contributed by atoms with Crippen molar-refractivity contribution in [2.75, 3.05) is 18.9 Å². The molecule has 0 aliphatic rings. The third-order valence-corrected chi connectivity index (χ3v) is 8.32. The van der Waals surface area contributed by atoms with E-state index in [1.807, 2.05) is 31.2 Å². The predicted octanol–water partition coefficient (Wildman–Crippen LogP) is 5.96. The molecule has 0 aliphatic carbocycles. The molecule has 13 heteroatoms. The molecule has 0 bridgehead atoms. The number of carbonyl (C=O) groups is 1. The topological polar surface area (TPSA) is 153 Å². The zero-order chi connectivity index (χ0) is 31.0. The Hall–Kier alpha value is -3.57. The van der Waals surface area contributed by atoms with Crippen LogP contribution in [0.5, 0.6) is 5.75 Å². The number of benzene rings is 1. The Labute approximate surface area is 251 Å². The first-order valence-corrected chi connectivity index (χ1v) is 16.1. The van der Waals surface area contributed by atoms with Crippen molar-refractivity contribution in [1.29, 1.82) is 0 Å². The van der Waals surface area contributed by atoms with Crippen LogP contribution < -0.4 is 15.3 Å². The molecule has 0 radical (unpaired) electrons. The van der Waals surface area contributed by atoms with Crippen LogP contribution in [0.25, 0.3) is 21.9 Å². The van der Waals surface area contributed by atoms with Gasteiger partial charge in [-0.3, -0.25) is 14.3 Å². The molecule has 0 spiro atoms. The number of para-hydroxylation sites is 1. The summed E-state index contributed by atoms with van der Waals surface area (Å²) in [5, 5.41) is 3.63. The van der Waals surface area contributed by atoms with E-state index in [1.54, 1.807) is 39.1 Å². The second kappa shape index (κ2) is 14.7. The Kier molecular flexibility index (Phi) is 11.1. The number of carbonyl (C=O) groups excluding carboxylic acids is 1. The number of rotatable bonds is 16. The molecule has 3 N–H and O–H groups in total. The number of ether oxygens (including phenoxy) is 2. The maximum absolute atomic E-state index is 14.2. The summed E-state index contributed by atoms with van der Waals surface area (Å²) in [4.78, 5) is 26.1. The Morgan fingerprint density at radius 2 is 1.91 bits per heavy atom. The fourth-order valence-corrected chi connectivity index (χ4v) is 6.24. The number of hydrogen-bond acceptors (Lipinski definition) is 10. The van der Waals surface area contributed by atoms with Gasteiger partial charge < -0.3 is 24.3 Å². The molecular formula is C30H41N6O6P. The Bertz CT molecular complexity index is 1560. The van der Waals surface area contributed by atoms with Crippen molar-refractivity contribution < 1.29 is 27.9 Å². The van der Waals surface area contributed by atoms with Gasteiger partial charge in [-0.15, -0.1) is 0 Å². The molecule has 43 heavy (non-hydrogen) atoms. The van der Waals surface area contributed by atoms with Gasteiger partial charge in [0.25, 0.3) is 0 Å². The van der Waals surface area contributed by atoms with Gasteiger partial charge in [0.1, 0.15) is 29.7 Å². The summed E-state index contributed by atoms with van der Waals surface area (Å²) in [6.45, 7) is 9.75. The van der Waals surface area contributed by atoms with E-state index in [0.29, 0.717) is 30.2 Å². The molecule has 0 saturated carbocycles.